The fraction of sp³-hybridized carbons (Fsp3) is 0.353. The first-order chi connectivity index (χ1) is 12.3. The molecule has 1 heterocycles. The predicted molar refractivity (Wildman–Crippen MR) is 87.6 cm³/mol. The summed E-state index contributed by atoms with van der Waals surface area (Å²) in [5, 5.41) is 15.1. The van der Waals surface area contributed by atoms with Crippen molar-refractivity contribution < 1.29 is 22.7 Å². The molecular formula is C17H17F3N4O2. The maximum absolute atomic E-state index is 13.0. The Labute approximate surface area is 148 Å². The lowest BCUT2D eigenvalue weighted by Gasteiger charge is -2.13. The van der Waals surface area contributed by atoms with Crippen molar-refractivity contribution in [1.29, 1.82) is 5.26 Å². The van der Waals surface area contributed by atoms with E-state index in [1.54, 1.807) is 10.9 Å². The first-order valence-electron chi connectivity index (χ1n) is 7.81. The summed E-state index contributed by atoms with van der Waals surface area (Å²) in [6.45, 7) is 0.582. The first-order valence-corrected chi connectivity index (χ1v) is 7.81. The largest absolute Gasteiger partial charge is 0.496 e. The van der Waals surface area contributed by atoms with Crippen LogP contribution >= 0.6 is 0 Å². The quantitative estimate of drug-likeness (QED) is 0.755. The van der Waals surface area contributed by atoms with Gasteiger partial charge in [0.2, 0.25) is 0 Å². The summed E-state index contributed by atoms with van der Waals surface area (Å²) >= 11 is 0. The number of ether oxygens (including phenoxy) is 1. The summed E-state index contributed by atoms with van der Waals surface area (Å²) in [6.07, 6.45) is 0.328. The van der Waals surface area contributed by atoms with Crippen molar-refractivity contribution in [2.45, 2.75) is 32.0 Å². The number of hydrogen-bond donors (Lipinski definition) is 1. The molecule has 0 aliphatic heterocycles. The highest BCUT2D eigenvalue weighted by Crippen LogP contribution is 2.36. The molecule has 0 saturated heterocycles. The molecule has 6 nitrogen and oxygen atoms in total. The molecular weight excluding hydrogens is 349 g/mol. The van der Waals surface area contributed by atoms with E-state index in [2.05, 4.69) is 16.5 Å². The highest BCUT2D eigenvalue weighted by atomic mass is 19.4. The molecule has 1 N–H and O–H groups in total. The van der Waals surface area contributed by atoms with Gasteiger partial charge < -0.3 is 10.1 Å². The number of halogens is 3. The van der Waals surface area contributed by atoms with Gasteiger partial charge in [0.25, 0.3) is 5.91 Å². The van der Waals surface area contributed by atoms with Crippen LogP contribution in [0.15, 0.2) is 30.6 Å². The number of anilines is 1. The number of carbonyl (C=O) groups is 1. The number of benzene rings is 1. The molecule has 0 aliphatic carbocycles. The zero-order valence-corrected chi connectivity index (χ0v) is 14.0. The molecule has 0 aliphatic rings. The topological polar surface area (TPSA) is 79.9 Å². The number of amides is 1. The van der Waals surface area contributed by atoms with Gasteiger partial charge >= 0.3 is 6.18 Å². The standard InChI is InChI=1S/C17H17F3N4O2/c1-26-15-6-5-12(9-14(15)17(18,19)20)16(25)23-13-10-22-24(11-13)8-4-2-3-7-21/h5-6,9-11H,2-4,8H2,1H3,(H,23,25). The number of aryl methyl sites for hydroxylation is 1. The highest BCUT2D eigenvalue weighted by molar-refractivity contribution is 6.04. The van der Waals surface area contributed by atoms with Crippen LogP contribution in [0, 0.1) is 11.3 Å². The third-order valence-corrected chi connectivity index (χ3v) is 3.58. The van der Waals surface area contributed by atoms with Crippen LogP contribution in [0.5, 0.6) is 5.75 Å². The molecule has 1 amide bonds. The van der Waals surface area contributed by atoms with Gasteiger partial charge in [0, 0.05) is 24.7 Å². The summed E-state index contributed by atoms with van der Waals surface area (Å²) in [4.78, 5) is 12.2. The highest BCUT2D eigenvalue weighted by Gasteiger charge is 2.35. The van der Waals surface area contributed by atoms with E-state index in [4.69, 9.17) is 10.00 Å². The van der Waals surface area contributed by atoms with Gasteiger partial charge in [0.15, 0.2) is 0 Å². The molecule has 0 atom stereocenters. The Balaban J connectivity index is 2.06. The predicted octanol–water partition coefficient (Wildman–Crippen LogP) is 3.86. The maximum atomic E-state index is 13.0. The van der Waals surface area contributed by atoms with Gasteiger partial charge in [-0.3, -0.25) is 9.48 Å². The zero-order valence-electron chi connectivity index (χ0n) is 14.0. The molecule has 26 heavy (non-hydrogen) atoms. The monoisotopic (exact) mass is 366 g/mol. The van der Waals surface area contributed by atoms with Gasteiger partial charge in [0.1, 0.15) is 5.75 Å². The molecule has 0 fully saturated rings. The second-order valence-corrected chi connectivity index (χ2v) is 5.47. The summed E-state index contributed by atoms with van der Waals surface area (Å²) in [6, 6.07) is 5.17. The lowest BCUT2D eigenvalue weighted by Crippen LogP contribution is -2.14. The molecule has 2 rings (SSSR count). The van der Waals surface area contributed by atoms with Crippen LogP contribution in [-0.4, -0.2) is 22.8 Å². The Morgan fingerprint density at radius 1 is 1.38 bits per heavy atom. The average Bonchev–Trinajstić information content (AvgIpc) is 3.04. The zero-order chi connectivity index (χ0) is 19.2. The summed E-state index contributed by atoms with van der Waals surface area (Å²) in [5.41, 5.74) is -0.777. The van der Waals surface area contributed by atoms with Crippen molar-refractivity contribution in [3.8, 4) is 11.8 Å². The van der Waals surface area contributed by atoms with E-state index in [1.807, 2.05) is 0 Å². The van der Waals surface area contributed by atoms with Crippen LogP contribution in [0.1, 0.15) is 35.2 Å². The molecule has 138 valence electrons. The Kier molecular flexibility index (Phi) is 6.22. The van der Waals surface area contributed by atoms with E-state index >= 15 is 0 Å². The van der Waals surface area contributed by atoms with Crippen LogP contribution in [0.3, 0.4) is 0 Å². The Bertz CT molecular complexity index is 809. The second-order valence-electron chi connectivity index (χ2n) is 5.47. The smallest absolute Gasteiger partial charge is 0.419 e. The molecule has 1 aromatic carbocycles. The number of nitrogens with one attached hydrogen (secondary N) is 1. The van der Waals surface area contributed by atoms with Crippen LogP contribution < -0.4 is 10.1 Å². The lowest BCUT2D eigenvalue weighted by molar-refractivity contribution is -0.138. The molecule has 0 saturated carbocycles. The van der Waals surface area contributed by atoms with E-state index in [0.29, 0.717) is 18.7 Å². The van der Waals surface area contributed by atoms with E-state index in [9.17, 15) is 18.0 Å². The van der Waals surface area contributed by atoms with Crippen LogP contribution in [0.2, 0.25) is 0 Å². The third kappa shape index (κ3) is 4.99. The van der Waals surface area contributed by atoms with Crippen molar-refractivity contribution in [2.24, 2.45) is 0 Å². The third-order valence-electron chi connectivity index (χ3n) is 3.58. The van der Waals surface area contributed by atoms with Crippen molar-refractivity contribution in [2.75, 3.05) is 12.4 Å². The number of carbonyl (C=O) groups excluding carboxylic acids is 1. The van der Waals surface area contributed by atoms with E-state index in [1.165, 1.54) is 12.3 Å². The van der Waals surface area contributed by atoms with Crippen LogP contribution in [0.25, 0.3) is 0 Å². The number of aromatic nitrogens is 2. The number of nitrogens with zero attached hydrogens (tertiary/aromatic N) is 3. The summed E-state index contributed by atoms with van der Waals surface area (Å²) in [7, 11) is 1.13. The van der Waals surface area contributed by atoms with E-state index in [-0.39, 0.29) is 11.3 Å². The number of unbranched alkanes of at least 4 members (excludes halogenated alkanes) is 2. The fourth-order valence-corrected chi connectivity index (χ4v) is 2.30. The minimum absolute atomic E-state index is 0.139. The molecule has 0 bridgehead atoms. The number of rotatable bonds is 7. The number of nitriles is 1. The fourth-order valence-electron chi connectivity index (χ4n) is 2.30. The molecule has 0 radical (unpaired) electrons. The van der Waals surface area contributed by atoms with Crippen molar-refractivity contribution in [1.82, 2.24) is 9.78 Å². The lowest BCUT2D eigenvalue weighted by atomic mass is 10.1. The van der Waals surface area contributed by atoms with Gasteiger partial charge in [-0.25, -0.2) is 0 Å². The number of hydrogen-bond acceptors (Lipinski definition) is 4. The van der Waals surface area contributed by atoms with Gasteiger partial charge in [-0.05, 0) is 31.0 Å². The molecule has 1 aromatic heterocycles. The first kappa shape index (κ1) is 19.3. The van der Waals surface area contributed by atoms with Crippen LogP contribution in [0.4, 0.5) is 18.9 Å². The van der Waals surface area contributed by atoms with Crippen molar-refractivity contribution in [3.63, 3.8) is 0 Å². The SMILES string of the molecule is COc1ccc(C(=O)Nc2cnn(CCCCC#N)c2)cc1C(F)(F)F. The molecule has 2 aromatic rings. The Morgan fingerprint density at radius 3 is 2.81 bits per heavy atom. The average molecular weight is 366 g/mol. The number of alkyl halides is 3. The minimum atomic E-state index is -4.63. The van der Waals surface area contributed by atoms with Crippen molar-refractivity contribution in [3.05, 3.63) is 41.7 Å². The van der Waals surface area contributed by atoms with Gasteiger partial charge in [-0.15, -0.1) is 0 Å². The molecule has 0 unspecified atom stereocenters. The minimum Gasteiger partial charge on any atom is -0.496 e. The van der Waals surface area contributed by atoms with Crippen molar-refractivity contribution >= 4 is 11.6 Å². The number of methoxy groups -OCH3 is 1. The summed E-state index contributed by atoms with van der Waals surface area (Å²) < 4.78 is 45.4. The summed E-state index contributed by atoms with van der Waals surface area (Å²) in [5.74, 6) is -1.03. The second kappa shape index (κ2) is 8.38. The normalized spacial score (nSPS) is 11.0. The molecule has 0 spiro atoms. The van der Waals surface area contributed by atoms with E-state index < -0.39 is 17.6 Å². The van der Waals surface area contributed by atoms with Gasteiger partial charge in [0.05, 0.1) is 30.6 Å². The molecule has 9 heteroatoms. The van der Waals surface area contributed by atoms with Crippen LogP contribution in [-0.2, 0) is 12.7 Å². The maximum Gasteiger partial charge on any atom is 0.419 e. The van der Waals surface area contributed by atoms with E-state index in [0.717, 1.165) is 32.1 Å². The Morgan fingerprint density at radius 2 is 2.15 bits per heavy atom. The van der Waals surface area contributed by atoms with Gasteiger partial charge in [-0.2, -0.15) is 23.5 Å². The Hall–Kier alpha value is -3.02. The van der Waals surface area contributed by atoms with Gasteiger partial charge in [-0.1, -0.05) is 0 Å².